The van der Waals surface area contributed by atoms with Gasteiger partial charge in [-0.1, -0.05) is 54.6 Å². The van der Waals surface area contributed by atoms with Crippen LogP contribution in [0.25, 0.3) is 0 Å². The third kappa shape index (κ3) is 3.88. The summed E-state index contributed by atoms with van der Waals surface area (Å²) < 4.78 is 0. The molecule has 0 saturated heterocycles. The van der Waals surface area contributed by atoms with Crippen LogP contribution in [0.5, 0.6) is 0 Å². The summed E-state index contributed by atoms with van der Waals surface area (Å²) in [5.41, 5.74) is 1.29. The first kappa shape index (κ1) is 16.3. The van der Waals surface area contributed by atoms with E-state index in [1.165, 1.54) is 19.3 Å². The summed E-state index contributed by atoms with van der Waals surface area (Å²) >= 11 is 12.3. The first-order valence-electron chi connectivity index (χ1n) is 7.90. The van der Waals surface area contributed by atoms with Crippen molar-refractivity contribution >= 4 is 28.9 Å². The molecule has 4 nitrogen and oxygen atoms in total. The number of benzene rings is 1. The number of nitrogens with zero attached hydrogens (tertiary/aromatic N) is 1. The van der Waals surface area contributed by atoms with Gasteiger partial charge in [0.2, 0.25) is 0 Å². The van der Waals surface area contributed by atoms with Crippen molar-refractivity contribution < 1.29 is 0 Å². The van der Waals surface area contributed by atoms with E-state index in [-0.39, 0.29) is 16.6 Å². The molecule has 1 aromatic carbocycles. The molecule has 1 fully saturated rings. The molecular weight excluding hydrogens is 333 g/mol. The van der Waals surface area contributed by atoms with Crippen LogP contribution >= 0.6 is 23.2 Å². The van der Waals surface area contributed by atoms with Gasteiger partial charge in [-0.05, 0) is 36.5 Å². The molecule has 122 valence electrons. The maximum atomic E-state index is 11.7. The molecule has 23 heavy (non-hydrogen) atoms. The van der Waals surface area contributed by atoms with Gasteiger partial charge in [0.05, 0.1) is 17.9 Å². The predicted octanol–water partition coefficient (Wildman–Crippen LogP) is 4.81. The largest absolute Gasteiger partial charge is 0.375 e. The van der Waals surface area contributed by atoms with Gasteiger partial charge < -0.3 is 5.32 Å². The lowest BCUT2D eigenvalue weighted by Crippen LogP contribution is -2.24. The molecule has 1 unspecified atom stereocenters. The van der Waals surface area contributed by atoms with Crippen LogP contribution in [0, 0.1) is 5.92 Å². The number of hydrogen-bond acceptors (Lipinski definition) is 3. The van der Waals surface area contributed by atoms with Crippen molar-refractivity contribution in [3.8, 4) is 0 Å². The topological polar surface area (TPSA) is 57.8 Å². The Bertz CT molecular complexity index is 726. The fourth-order valence-electron chi connectivity index (χ4n) is 3.29. The number of halogens is 2. The smallest absolute Gasteiger partial charge is 0.285 e. The van der Waals surface area contributed by atoms with E-state index in [2.05, 4.69) is 21.6 Å². The van der Waals surface area contributed by atoms with Crippen LogP contribution in [0.2, 0.25) is 10.0 Å². The summed E-state index contributed by atoms with van der Waals surface area (Å²) in [5.74, 6) is 0.484. The molecule has 6 heteroatoms. The Labute approximate surface area is 145 Å². The van der Waals surface area contributed by atoms with Crippen molar-refractivity contribution in [2.75, 3.05) is 5.32 Å². The molecule has 1 saturated carbocycles. The second kappa shape index (κ2) is 7.37. The Balaban J connectivity index is 1.94. The number of rotatable bonds is 4. The summed E-state index contributed by atoms with van der Waals surface area (Å²) in [6.45, 7) is 0. The quantitative estimate of drug-likeness (QED) is 0.830. The Morgan fingerprint density at radius 1 is 1.22 bits per heavy atom. The highest BCUT2D eigenvalue weighted by atomic mass is 35.5. The zero-order valence-corrected chi connectivity index (χ0v) is 14.2. The molecule has 1 aromatic heterocycles. The van der Waals surface area contributed by atoms with Crippen LogP contribution in [0.3, 0.4) is 0 Å². The van der Waals surface area contributed by atoms with Gasteiger partial charge in [-0.15, -0.1) is 0 Å². The summed E-state index contributed by atoms with van der Waals surface area (Å²) in [6, 6.07) is 7.92. The molecule has 1 heterocycles. The molecule has 0 aliphatic heterocycles. The summed E-state index contributed by atoms with van der Waals surface area (Å²) in [7, 11) is 0. The maximum Gasteiger partial charge on any atom is 0.285 e. The first-order chi connectivity index (χ1) is 11.1. The van der Waals surface area contributed by atoms with Crippen molar-refractivity contribution in [1.82, 2.24) is 10.2 Å². The van der Waals surface area contributed by atoms with Crippen molar-refractivity contribution in [1.29, 1.82) is 0 Å². The first-order valence-corrected chi connectivity index (χ1v) is 8.66. The molecule has 3 rings (SSSR count). The Kier molecular flexibility index (Phi) is 5.23. The Morgan fingerprint density at radius 2 is 2.00 bits per heavy atom. The van der Waals surface area contributed by atoms with E-state index >= 15 is 0 Å². The Hall–Kier alpha value is -1.52. The minimum absolute atomic E-state index is 0.0649. The lowest BCUT2D eigenvalue weighted by atomic mass is 9.81. The van der Waals surface area contributed by atoms with Gasteiger partial charge in [0.25, 0.3) is 5.56 Å². The number of hydrogen-bond donors (Lipinski definition) is 2. The third-order valence-corrected chi connectivity index (χ3v) is 5.05. The van der Waals surface area contributed by atoms with Crippen LogP contribution < -0.4 is 10.9 Å². The molecule has 0 amide bonds. The molecular formula is C17H19Cl2N3O. The average Bonchev–Trinajstić information content (AvgIpc) is 2.57. The van der Waals surface area contributed by atoms with Gasteiger partial charge in [-0.25, -0.2) is 5.10 Å². The van der Waals surface area contributed by atoms with E-state index in [9.17, 15) is 4.79 Å². The number of H-pyrrole nitrogens is 1. The van der Waals surface area contributed by atoms with E-state index in [0.29, 0.717) is 16.6 Å². The van der Waals surface area contributed by atoms with Crippen LogP contribution in [0.1, 0.15) is 43.7 Å². The monoisotopic (exact) mass is 351 g/mol. The summed E-state index contributed by atoms with van der Waals surface area (Å²) in [5, 5.41) is 10.5. The van der Waals surface area contributed by atoms with Crippen LogP contribution in [0.15, 0.2) is 35.3 Å². The number of aromatic nitrogens is 2. The van der Waals surface area contributed by atoms with Crippen molar-refractivity contribution in [3.05, 3.63) is 56.4 Å². The second-order valence-electron chi connectivity index (χ2n) is 6.00. The van der Waals surface area contributed by atoms with Crippen LogP contribution in [0.4, 0.5) is 5.69 Å². The molecule has 1 aliphatic carbocycles. The highest BCUT2D eigenvalue weighted by Gasteiger charge is 2.26. The molecule has 2 N–H and O–H groups in total. The molecule has 1 atom stereocenters. The number of anilines is 1. The van der Waals surface area contributed by atoms with Gasteiger partial charge in [-0.3, -0.25) is 4.79 Å². The van der Waals surface area contributed by atoms with Crippen LogP contribution in [-0.2, 0) is 0 Å². The van der Waals surface area contributed by atoms with Crippen molar-refractivity contribution in [3.63, 3.8) is 0 Å². The predicted molar refractivity (Wildman–Crippen MR) is 94.3 cm³/mol. The Morgan fingerprint density at radius 3 is 2.74 bits per heavy atom. The van der Waals surface area contributed by atoms with Crippen molar-refractivity contribution in [2.45, 2.75) is 38.1 Å². The summed E-state index contributed by atoms with van der Waals surface area (Å²) in [4.78, 5) is 11.7. The SMILES string of the molecule is O=c1[nH]ncc(NC(c2cccc(Cl)c2)C2CCCCC2)c1Cl. The van der Waals surface area contributed by atoms with Gasteiger partial charge in [0.1, 0.15) is 5.02 Å². The minimum atomic E-state index is -0.384. The normalized spacial score (nSPS) is 17.0. The van der Waals surface area contributed by atoms with Gasteiger partial charge in [0.15, 0.2) is 0 Å². The standard InChI is InChI=1S/C17H19Cl2N3O/c18-13-8-4-7-12(9-13)16(11-5-2-1-3-6-11)21-14-10-20-22-17(23)15(14)19/h4,7-11,16H,1-3,5-6H2,(H2,21,22,23). The maximum absolute atomic E-state index is 11.7. The zero-order chi connectivity index (χ0) is 16.2. The molecule has 0 radical (unpaired) electrons. The third-order valence-electron chi connectivity index (χ3n) is 4.44. The fourth-order valence-corrected chi connectivity index (χ4v) is 3.64. The fraction of sp³-hybridized carbons (Fsp3) is 0.412. The zero-order valence-electron chi connectivity index (χ0n) is 12.7. The number of nitrogens with one attached hydrogen (secondary N) is 2. The molecule has 0 bridgehead atoms. The average molecular weight is 352 g/mol. The van der Waals surface area contributed by atoms with Gasteiger partial charge in [-0.2, -0.15) is 5.10 Å². The minimum Gasteiger partial charge on any atom is -0.375 e. The second-order valence-corrected chi connectivity index (χ2v) is 6.82. The molecule has 1 aliphatic rings. The van der Waals surface area contributed by atoms with E-state index < -0.39 is 0 Å². The van der Waals surface area contributed by atoms with Gasteiger partial charge in [0, 0.05) is 5.02 Å². The van der Waals surface area contributed by atoms with Crippen LogP contribution in [-0.4, -0.2) is 10.2 Å². The van der Waals surface area contributed by atoms with E-state index in [4.69, 9.17) is 23.2 Å². The molecule has 2 aromatic rings. The lowest BCUT2D eigenvalue weighted by molar-refractivity contribution is 0.321. The number of aromatic amines is 1. The van der Waals surface area contributed by atoms with Gasteiger partial charge >= 0.3 is 0 Å². The highest BCUT2D eigenvalue weighted by molar-refractivity contribution is 6.33. The van der Waals surface area contributed by atoms with E-state index in [0.717, 1.165) is 18.4 Å². The van der Waals surface area contributed by atoms with E-state index in [1.54, 1.807) is 6.20 Å². The van der Waals surface area contributed by atoms with Crippen molar-refractivity contribution in [2.24, 2.45) is 5.92 Å². The molecule has 0 spiro atoms. The lowest BCUT2D eigenvalue weighted by Gasteiger charge is -2.32. The van der Waals surface area contributed by atoms with E-state index in [1.807, 2.05) is 18.2 Å². The summed E-state index contributed by atoms with van der Waals surface area (Å²) in [6.07, 6.45) is 7.60. The highest BCUT2D eigenvalue weighted by Crippen LogP contribution is 2.38.